The Bertz CT molecular complexity index is 891. The number of aromatic amines is 1. The van der Waals surface area contributed by atoms with E-state index >= 15 is 0 Å². The number of amides is 1. The highest BCUT2D eigenvalue weighted by molar-refractivity contribution is 6.06. The number of carbonyl (C=O) groups is 1. The molecule has 3 rings (SSSR count). The molecule has 128 valence electrons. The van der Waals surface area contributed by atoms with Crippen molar-refractivity contribution in [1.29, 1.82) is 0 Å². The van der Waals surface area contributed by atoms with Crippen LogP contribution in [-0.2, 0) is 0 Å². The van der Waals surface area contributed by atoms with Crippen molar-refractivity contribution in [3.63, 3.8) is 0 Å². The van der Waals surface area contributed by atoms with Crippen LogP contribution < -0.4 is 14.8 Å². The summed E-state index contributed by atoms with van der Waals surface area (Å²) in [5, 5.41) is 9.97. The molecule has 0 unspecified atom stereocenters. The van der Waals surface area contributed by atoms with Gasteiger partial charge in [0.1, 0.15) is 0 Å². The molecule has 0 saturated carbocycles. The van der Waals surface area contributed by atoms with E-state index < -0.39 is 0 Å². The normalized spacial score (nSPS) is 10.4. The minimum absolute atomic E-state index is 0.327. The zero-order valence-corrected chi connectivity index (χ0v) is 14.2. The van der Waals surface area contributed by atoms with Gasteiger partial charge >= 0.3 is 0 Å². The van der Waals surface area contributed by atoms with Crippen molar-refractivity contribution in [3.8, 4) is 22.8 Å². The number of para-hydroxylation sites is 1. The van der Waals surface area contributed by atoms with E-state index in [9.17, 15) is 4.79 Å². The summed E-state index contributed by atoms with van der Waals surface area (Å²) in [4.78, 5) is 16.7. The monoisotopic (exact) mass is 338 g/mol. The first-order valence-electron chi connectivity index (χ1n) is 7.63. The Morgan fingerprint density at radius 3 is 2.56 bits per heavy atom. The molecule has 0 fully saturated rings. The first-order valence-corrected chi connectivity index (χ1v) is 7.63. The van der Waals surface area contributed by atoms with Crippen LogP contribution in [0.25, 0.3) is 11.3 Å². The Kier molecular flexibility index (Phi) is 4.65. The lowest BCUT2D eigenvalue weighted by atomic mass is 10.1. The number of hydrogen-bond acceptors (Lipinski definition) is 5. The summed E-state index contributed by atoms with van der Waals surface area (Å²) in [6.07, 6.45) is 3.41. The van der Waals surface area contributed by atoms with Crippen LogP contribution in [0, 0.1) is 6.92 Å². The molecule has 25 heavy (non-hydrogen) atoms. The summed E-state index contributed by atoms with van der Waals surface area (Å²) in [6, 6.07) is 8.88. The van der Waals surface area contributed by atoms with Crippen LogP contribution in [0.5, 0.6) is 11.5 Å². The molecule has 3 aromatic rings. The smallest absolute Gasteiger partial charge is 0.260 e. The molecule has 0 atom stereocenters. The highest BCUT2D eigenvalue weighted by Gasteiger charge is 2.19. The van der Waals surface area contributed by atoms with Crippen molar-refractivity contribution in [2.75, 3.05) is 19.5 Å². The van der Waals surface area contributed by atoms with Gasteiger partial charge in [-0.3, -0.25) is 14.9 Å². The van der Waals surface area contributed by atoms with Gasteiger partial charge in [-0.05, 0) is 31.2 Å². The topological polar surface area (TPSA) is 89.1 Å². The van der Waals surface area contributed by atoms with Gasteiger partial charge in [0.2, 0.25) is 0 Å². The lowest BCUT2D eigenvalue weighted by Crippen LogP contribution is -2.14. The Morgan fingerprint density at radius 1 is 1.12 bits per heavy atom. The van der Waals surface area contributed by atoms with Crippen molar-refractivity contribution in [3.05, 3.63) is 53.9 Å². The molecule has 7 heteroatoms. The third-order valence-corrected chi connectivity index (χ3v) is 3.86. The van der Waals surface area contributed by atoms with Crippen LogP contribution in [0.2, 0.25) is 0 Å². The zero-order valence-electron chi connectivity index (χ0n) is 14.2. The summed E-state index contributed by atoms with van der Waals surface area (Å²) in [6.45, 7) is 1.89. The summed E-state index contributed by atoms with van der Waals surface area (Å²) < 4.78 is 10.5. The standard InChI is InChI=1S/C18H18N4O3/c1-11-15(12-7-9-19-10-8-12)21-22-17(11)20-18(23)13-5-4-6-14(24-2)16(13)25-3/h4-10H,1-3H3,(H2,20,21,22,23). The molecule has 1 aromatic carbocycles. The molecule has 1 amide bonds. The molecule has 2 N–H and O–H groups in total. The Balaban J connectivity index is 1.89. The average molecular weight is 338 g/mol. The molecule has 0 radical (unpaired) electrons. The van der Waals surface area contributed by atoms with E-state index in [0.717, 1.165) is 16.8 Å². The second-order valence-corrected chi connectivity index (χ2v) is 5.30. The molecule has 2 heterocycles. The molecular weight excluding hydrogens is 320 g/mol. The molecule has 0 spiro atoms. The van der Waals surface area contributed by atoms with E-state index in [4.69, 9.17) is 9.47 Å². The van der Waals surface area contributed by atoms with E-state index in [-0.39, 0.29) is 5.91 Å². The van der Waals surface area contributed by atoms with Crippen molar-refractivity contribution in [2.24, 2.45) is 0 Å². The number of aromatic nitrogens is 3. The number of hydrogen-bond donors (Lipinski definition) is 2. The zero-order chi connectivity index (χ0) is 17.8. The van der Waals surface area contributed by atoms with Gasteiger partial charge in [0.15, 0.2) is 17.3 Å². The van der Waals surface area contributed by atoms with Crippen LogP contribution in [0.3, 0.4) is 0 Å². The SMILES string of the molecule is COc1cccc(C(=O)Nc2n[nH]c(-c3ccncc3)c2C)c1OC. The highest BCUT2D eigenvalue weighted by Crippen LogP contribution is 2.32. The number of anilines is 1. The third-order valence-electron chi connectivity index (χ3n) is 3.86. The minimum atomic E-state index is -0.327. The van der Waals surface area contributed by atoms with Crippen molar-refractivity contribution in [1.82, 2.24) is 15.2 Å². The third kappa shape index (κ3) is 3.16. The number of methoxy groups -OCH3 is 2. The maximum atomic E-state index is 12.6. The average Bonchev–Trinajstić information content (AvgIpc) is 3.02. The van der Waals surface area contributed by atoms with Crippen molar-refractivity contribution < 1.29 is 14.3 Å². The first-order chi connectivity index (χ1) is 12.2. The maximum absolute atomic E-state index is 12.6. The predicted octanol–water partition coefficient (Wildman–Crippen LogP) is 3.05. The fourth-order valence-electron chi connectivity index (χ4n) is 2.56. The number of carbonyl (C=O) groups excluding carboxylic acids is 1. The lowest BCUT2D eigenvalue weighted by Gasteiger charge is -2.12. The molecule has 0 aliphatic rings. The van der Waals surface area contributed by atoms with Crippen molar-refractivity contribution >= 4 is 11.7 Å². The molecule has 2 aromatic heterocycles. The minimum Gasteiger partial charge on any atom is -0.493 e. The molecule has 0 bridgehead atoms. The largest absolute Gasteiger partial charge is 0.493 e. The number of nitrogens with zero attached hydrogens (tertiary/aromatic N) is 2. The lowest BCUT2D eigenvalue weighted by molar-refractivity contribution is 0.102. The summed E-state index contributed by atoms with van der Waals surface area (Å²) in [5.41, 5.74) is 2.98. The summed E-state index contributed by atoms with van der Waals surface area (Å²) >= 11 is 0. The Labute approximate surface area is 145 Å². The first kappa shape index (κ1) is 16.5. The summed E-state index contributed by atoms with van der Waals surface area (Å²) in [7, 11) is 3.02. The highest BCUT2D eigenvalue weighted by atomic mass is 16.5. The van der Waals surface area contributed by atoms with E-state index in [1.807, 2.05) is 19.1 Å². The van der Waals surface area contributed by atoms with Crippen LogP contribution in [-0.4, -0.2) is 35.3 Å². The quantitative estimate of drug-likeness (QED) is 0.746. The maximum Gasteiger partial charge on any atom is 0.260 e. The van der Waals surface area contributed by atoms with Gasteiger partial charge < -0.3 is 14.8 Å². The number of benzene rings is 1. The van der Waals surface area contributed by atoms with E-state index in [1.165, 1.54) is 14.2 Å². The van der Waals surface area contributed by atoms with E-state index in [0.29, 0.717) is 22.9 Å². The van der Waals surface area contributed by atoms with Gasteiger partial charge in [-0.25, -0.2) is 0 Å². The number of rotatable bonds is 5. The van der Waals surface area contributed by atoms with Crippen molar-refractivity contribution in [2.45, 2.75) is 6.92 Å². The van der Waals surface area contributed by atoms with Crippen LogP contribution in [0.4, 0.5) is 5.82 Å². The molecule has 0 aliphatic carbocycles. The van der Waals surface area contributed by atoms with E-state index in [1.54, 1.807) is 30.6 Å². The number of nitrogens with one attached hydrogen (secondary N) is 2. The van der Waals surface area contributed by atoms with Gasteiger partial charge in [-0.2, -0.15) is 5.10 Å². The van der Waals surface area contributed by atoms with E-state index in [2.05, 4.69) is 20.5 Å². The molecule has 7 nitrogen and oxygen atoms in total. The molecule has 0 saturated heterocycles. The van der Waals surface area contributed by atoms with Crippen LogP contribution in [0.1, 0.15) is 15.9 Å². The molecule has 0 aliphatic heterocycles. The number of H-pyrrole nitrogens is 1. The van der Waals surface area contributed by atoms with Gasteiger partial charge in [-0.15, -0.1) is 0 Å². The molecular formula is C18H18N4O3. The van der Waals surface area contributed by atoms with Gasteiger partial charge in [0.25, 0.3) is 5.91 Å². The Morgan fingerprint density at radius 2 is 1.88 bits per heavy atom. The number of ether oxygens (including phenoxy) is 2. The predicted molar refractivity (Wildman–Crippen MR) is 94.1 cm³/mol. The Hall–Kier alpha value is -3.35. The fraction of sp³-hybridized carbons (Fsp3) is 0.167. The van der Waals surface area contributed by atoms with Crippen LogP contribution >= 0.6 is 0 Å². The fourth-order valence-corrected chi connectivity index (χ4v) is 2.56. The van der Waals surface area contributed by atoms with Gasteiger partial charge in [-0.1, -0.05) is 6.07 Å². The second kappa shape index (κ2) is 7.04. The number of pyridine rings is 1. The second-order valence-electron chi connectivity index (χ2n) is 5.30. The van der Waals surface area contributed by atoms with Gasteiger partial charge in [0, 0.05) is 23.5 Å². The summed E-state index contributed by atoms with van der Waals surface area (Å²) in [5.74, 6) is 1.00. The van der Waals surface area contributed by atoms with Crippen LogP contribution in [0.15, 0.2) is 42.7 Å². The van der Waals surface area contributed by atoms with Gasteiger partial charge in [0.05, 0.1) is 25.5 Å².